The highest BCUT2D eigenvalue weighted by atomic mass is 19.4. The summed E-state index contributed by atoms with van der Waals surface area (Å²) in [5, 5.41) is 9.40. The van der Waals surface area contributed by atoms with Crippen LogP contribution in [0.25, 0.3) is 0 Å². The van der Waals surface area contributed by atoms with Crippen LogP contribution in [0, 0.1) is 0 Å². The summed E-state index contributed by atoms with van der Waals surface area (Å²) in [5.74, 6) is -1.10. The summed E-state index contributed by atoms with van der Waals surface area (Å²) >= 11 is 0. The number of hydrogen-bond acceptors (Lipinski definition) is 5. The number of alkyl halides is 6. The summed E-state index contributed by atoms with van der Waals surface area (Å²) in [6.07, 6.45) is -11.8. The maximum absolute atomic E-state index is 13.5. The summed E-state index contributed by atoms with van der Waals surface area (Å²) in [5.41, 5.74) is -0.389. The van der Waals surface area contributed by atoms with Gasteiger partial charge in [-0.1, -0.05) is 0 Å². The second-order valence-corrected chi connectivity index (χ2v) is 8.41. The number of nitrogens with zero attached hydrogens (tertiary/aromatic N) is 3. The number of aliphatic carboxylic acids is 1. The van der Waals surface area contributed by atoms with Gasteiger partial charge in [0.15, 0.2) is 6.10 Å². The van der Waals surface area contributed by atoms with Gasteiger partial charge in [0.25, 0.3) is 0 Å². The Morgan fingerprint density at radius 2 is 1.71 bits per heavy atom. The molecule has 0 saturated carbocycles. The lowest BCUT2D eigenvalue weighted by atomic mass is 10.1. The van der Waals surface area contributed by atoms with E-state index in [9.17, 15) is 41.0 Å². The average Bonchev–Trinajstić information content (AvgIpc) is 3.23. The Morgan fingerprint density at radius 1 is 1.06 bits per heavy atom. The Balaban J connectivity index is 1.69. The first kappa shape index (κ1) is 25.9. The lowest BCUT2D eigenvalue weighted by molar-refractivity contribution is -0.200. The number of halogens is 6. The highest BCUT2D eigenvalue weighted by molar-refractivity contribution is 5.79. The predicted molar refractivity (Wildman–Crippen MR) is 108 cm³/mol. The van der Waals surface area contributed by atoms with Gasteiger partial charge in [-0.05, 0) is 43.5 Å². The first-order chi connectivity index (χ1) is 15.8. The van der Waals surface area contributed by atoms with E-state index in [0.717, 1.165) is 24.0 Å². The van der Waals surface area contributed by atoms with Crippen molar-refractivity contribution < 1.29 is 45.8 Å². The molecule has 0 aromatic heterocycles. The SMILES string of the molecule is CC(OC(=O)N1CCN(Cc2cc(N3CCCC3C(=O)O)cc(C(F)(F)F)c2)CC1)C(F)(F)F. The lowest BCUT2D eigenvalue weighted by Gasteiger charge is -2.35. The minimum atomic E-state index is -4.67. The topological polar surface area (TPSA) is 73.3 Å². The number of carboxylic acids is 1. The molecule has 13 heteroatoms. The van der Waals surface area contributed by atoms with Gasteiger partial charge in [0.05, 0.1) is 5.56 Å². The number of piperazine rings is 1. The quantitative estimate of drug-likeness (QED) is 0.621. The first-order valence-electron chi connectivity index (χ1n) is 10.7. The van der Waals surface area contributed by atoms with Gasteiger partial charge >= 0.3 is 24.4 Å². The third-order valence-electron chi connectivity index (χ3n) is 5.95. The molecule has 190 valence electrons. The summed E-state index contributed by atoms with van der Waals surface area (Å²) in [4.78, 5) is 27.8. The molecule has 0 bridgehead atoms. The molecule has 2 unspecified atom stereocenters. The van der Waals surface area contributed by atoms with Gasteiger partial charge in [-0.25, -0.2) is 9.59 Å². The van der Waals surface area contributed by atoms with Crippen LogP contribution in [0.15, 0.2) is 18.2 Å². The van der Waals surface area contributed by atoms with Gasteiger partial charge < -0.3 is 19.6 Å². The molecule has 2 aliphatic heterocycles. The Bertz CT molecular complexity index is 899. The Kier molecular flexibility index (Phi) is 7.53. The molecule has 1 amide bonds. The van der Waals surface area contributed by atoms with Crippen LogP contribution in [-0.4, -0.2) is 78.0 Å². The van der Waals surface area contributed by atoms with Gasteiger partial charge in [-0.2, -0.15) is 26.3 Å². The van der Waals surface area contributed by atoms with Crippen molar-refractivity contribution in [3.8, 4) is 0 Å². The van der Waals surface area contributed by atoms with Crippen LogP contribution in [0.5, 0.6) is 0 Å². The minimum Gasteiger partial charge on any atom is -0.480 e. The number of hydrogen-bond donors (Lipinski definition) is 1. The molecule has 2 atom stereocenters. The fraction of sp³-hybridized carbons (Fsp3) is 0.619. The number of amides is 1. The average molecular weight is 497 g/mol. The highest BCUT2D eigenvalue weighted by Crippen LogP contribution is 2.35. The van der Waals surface area contributed by atoms with E-state index in [1.54, 1.807) is 4.90 Å². The van der Waals surface area contributed by atoms with Crippen LogP contribution in [-0.2, 0) is 22.3 Å². The summed E-state index contributed by atoms with van der Waals surface area (Å²) < 4.78 is 82.7. The molecule has 2 fully saturated rings. The number of carboxylic acid groups (broad SMARTS) is 1. The van der Waals surface area contributed by atoms with E-state index in [-0.39, 0.29) is 38.4 Å². The Hall–Kier alpha value is -2.70. The van der Waals surface area contributed by atoms with Gasteiger partial charge in [-0.15, -0.1) is 0 Å². The molecule has 2 saturated heterocycles. The molecule has 0 radical (unpaired) electrons. The third-order valence-corrected chi connectivity index (χ3v) is 5.95. The van der Waals surface area contributed by atoms with E-state index >= 15 is 0 Å². The molecule has 1 aromatic rings. The van der Waals surface area contributed by atoms with Crippen LogP contribution < -0.4 is 4.90 Å². The molecular formula is C21H25F6N3O4. The van der Waals surface area contributed by atoms with Gasteiger partial charge in [0, 0.05) is 45.0 Å². The zero-order valence-corrected chi connectivity index (χ0v) is 18.3. The van der Waals surface area contributed by atoms with Gasteiger partial charge in [0.1, 0.15) is 6.04 Å². The van der Waals surface area contributed by atoms with Crippen molar-refractivity contribution in [1.29, 1.82) is 0 Å². The second kappa shape index (κ2) is 9.88. The van der Waals surface area contributed by atoms with Crippen LogP contribution in [0.1, 0.15) is 30.9 Å². The van der Waals surface area contributed by atoms with E-state index in [2.05, 4.69) is 4.74 Å². The van der Waals surface area contributed by atoms with Crippen molar-refractivity contribution in [3.05, 3.63) is 29.3 Å². The zero-order valence-electron chi connectivity index (χ0n) is 18.3. The number of rotatable bonds is 5. The van der Waals surface area contributed by atoms with E-state index in [0.29, 0.717) is 24.9 Å². The third kappa shape index (κ3) is 6.24. The first-order valence-corrected chi connectivity index (χ1v) is 10.7. The lowest BCUT2D eigenvalue weighted by Crippen LogP contribution is -2.49. The predicted octanol–water partition coefficient (Wildman–Crippen LogP) is 3.96. The van der Waals surface area contributed by atoms with Crippen LogP contribution >= 0.6 is 0 Å². The molecule has 0 spiro atoms. The molecule has 34 heavy (non-hydrogen) atoms. The minimum absolute atomic E-state index is 0.0580. The number of carbonyl (C=O) groups is 2. The van der Waals surface area contributed by atoms with E-state index in [4.69, 9.17) is 0 Å². The molecule has 3 rings (SSSR count). The number of carbonyl (C=O) groups excluding carboxylic acids is 1. The summed E-state index contributed by atoms with van der Waals surface area (Å²) in [7, 11) is 0. The maximum atomic E-state index is 13.5. The highest BCUT2D eigenvalue weighted by Gasteiger charge is 2.40. The number of benzene rings is 1. The molecule has 0 aliphatic carbocycles. The van der Waals surface area contributed by atoms with Crippen molar-refractivity contribution in [2.75, 3.05) is 37.6 Å². The fourth-order valence-electron chi connectivity index (χ4n) is 4.07. The van der Waals surface area contributed by atoms with E-state index in [1.807, 2.05) is 0 Å². The standard InChI is InChI=1S/C21H25F6N3O4/c1-13(20(22,23)24)34-19(33)29-7-5-28(6-8-29)12-14-9-15(21(25,26)27)11-16(10-14)30-4-2-3-17(30)18(31)32/h9-11,13,17H,2-8,12H2,1H3,(H,31,32). The number of anilines is 1. The molecule has 2 heterocycles. The maximum Gasteiger partial charge on any atom is 0.425 e. The normalized spacial score (nSPS) is 21.0. The number of ether oxygens (including phenoxy) is 1. The molecule has 1 N–H and O–H groups in total. The largest absolute Gasteiger partial charge is 0.480 e. The molecule has 7 nitrogen and oxygen atoms in total. The van der Waals surface area contributed by atoms with Crippen LogP contribution in [0.3, 0.4) is 0 Å². The van der Waals surface area contributed by atoms with Crippen molar-refractivity contribution in [2.24, 2.45) is 0 Å². The van der Waals surface area contributed by atoms with Crippen LogP contribution in [0.2, 0.25) is 0 Å². The summed E-state index contributed by atoms with van der Waals surface area (Å²) in [6.45, 7) is 1.73. The molecular weight excluding hydrogens is 472 g/mol. The fourth-order valence-corrected chi connectivity index (χ4v) is 4.07. The zero-order chi connectivity index (χ0) is 25.3. The second-order valence-electron chi connectivity index (χ2n) is 8.41. The Labute approximate surface area is 191 Å². The van der Waals surface area contributed by atoms with Crippen molar-refractivity contribution in [1.82, 2.24) is 9.80 Å². The van der Waals surface area contributed by atoms with Crippen LogP contribution in [0.4, 0.5) is 36.8 Å². The van der Waals surface area contributed by atoms with Crippen molar-refractivity contribution >= 4 is 17.7 Å². The molecule has 2 aliphatic rings. The molecule has 1 aromatic carbocycles. The van der Waals surface area contributed by atoms with Crippen molar-refractivity contribution in [3.63, 3.8) is 0 Å². The smallest absolute Gasteiger partial charge is 0.425 e. The summed E-state index contributed by atoms with van der Waals surface area (Å²) in [6, 6.07) is 2.58. The van der Waals surface area contributed by atoms with E-state index < -0.39 is 42.1 Å². The van der Waals surface area contributed by atoms with Crippen molar-refractivity contribution in [2.45, 2.75) is 50.8 Å². The Morgan fingerprint density at radius 3 is 2.26 bits per heavy atom. The van der Waals surface area contributed by atoms with Gasteiger partial charge in [0.2, 0.25) is 0 Å². The monoisotopic (exact) mass is 497 g/mol. The van der Waals surface area contributed by atoms with E-state index in [1.165, 1.54) is 11.0 Å². The van der Waals surface area contributed by atoms with Gasteiger partial charge in [-0.3, -0.25) is 4.90 Å².